The van der Waals surface area contributed by atoms with Crippen molar-refractivity contribution in [3.63, 3.8) is 0 Å². The molecule has 1 heterocycles. The van der Waals surface area contributed by atoms with Gasteiger partial charge in [0.05, 0.1) is 16.5 Å². The van der Waals surface area contributed by atoms with Gasteiger partial charge >= 0.3 is 6.36 Å². The highest BCUT2D eigenvalue weighted by molar-refractivity contribution is 7.93. The summed E-state index contributed by atoms with van der Waals surface area (Å²) in [6.07, 6.45) is -5.05. The average Bonchev–Trinajstić information content (AvgIpc) is 2.82. The van der Waals surface area contributed by atoms with Gasteiger partial charge in [0, 0.05) is 6.20 Å². The van der Waals surface area contributed by atoms with E-state index in [9.17, 15) is 30.8 Å². The first kappa shape index (κ1) is 28.0. The first-order chi connectivity index (χ1) is 17.3. The SMILES string of the molecule is CCS(=O)(=O)N(C(=O)C(C)Oc1ccc(Oc2ncc(Cl)cc2F)cc1)c1ccc(OC(F)(F)F)cc1. The lowest BCUT2D eigenvalue weighted by Crippen LogP contribution is -2.45. The van der Waals surface area contributed by atoms with E-state index in [1.54, 1.807) is 0 Å². The molecule has 0 radical (unpaired) electrons. The number of anilines is 1. The Morgan fingerprint density at radius 1 is 1.05 bits per heavy atom. The van der Waals surface area contributed by atoms with Gasteiger partial charge in [-0.1, -0.05) is 11.6 Å². The van der Waals surface area contributed by atoms with Crippen LogP contribution in [0.2, 0.25) is 5.02 Å². The third-order valence-corrected chi connectivity index (χ3v) is 6.50. The van der Waals surface area contributed by atoms with Gasteiger partial charge in [0.2, 0.25) is 10.0 Å². The number of aromatic nitrogens is 1. The third kappa shape index (κ3) is 7.46. The fourth-order valence-electron chi connectivity index (χ4n) is 2.93. The van der Waals surface area contributed by atoms with Crippen LogP contribution in [0.3, 0.4) is 0 Å². The topological polar surface area (TPSA) is 95.0 Å². The fraction of sp³-hybridized carbons (Fsp3) is 0.217. The molecule has 0 spiro atoms. The molecule has 0 aliphatic heterocycles. The number of hydrogen-bond acceptors (Lipinski definition) is 7. The molecular weight excluding hydrogens is 544 g/mol. The zero-order valence-corrected chi connectivity index (χ0v) is 20.8. The molecule has 0 aliphatic rings. The Balaban J connectivity index is 1.75. The predicted octanol–water partition coefficient (Wildman–Crippen LogP) is 5.72. The molecule has 14 heteroatoms. The van der Waals surface area contributed by atoms with E-state index in [1.807, 2.05) is 0 Å². The van der Waals surface area contributed by atoms with E-state index in [-0.39, 0.29) is 28.1 Å². The van der Waals surface area contributed by atoms with Gasteiger partial charge in [-0.25, -0.2) is 22.1 Å². The number of carbonyl (C=O) groups excluding carboxylic acids is 1. The molecule has 0 saturated heterocycles. The smallest absolute Gasteiger partial charge is 0.481 e. The average molecular weight is 563 g/mol. The number of hydrogen-bond donors (Lipinski definition) is 0. The number of carbonyl (C=O) groups is 1. The third-order valence-electron chi connectivity index (χ3n) is 4.62. The van der Waals surface area contributed by atoms with Crippen molar-refractivity contribution in [2.75, 3.05) is 10.1 Å². The van der Waals surface area contributed by atoms with Crippen LogP contribution in [-0.2, 0) is 14.8 Å². The number of benzene rings is 2. The number of alkyl halides is 3. The molecule has 0 N–H and O–H groups in total. The summed E-state index contributed by atoms with van der Waals surface area (Å²) in [7, 11) is -4.18. The minimum Gasteiger partial charge on any atom is -0.481 e. The second-order valence-corrected chi connectivity index (χ2v) is 9.86. The largest absolute Gasteiger partial charge is 0.573 e. The Morgan fingerprint density at radius 3 is 2.16 bits per heavy atom. The summed E-state index contributed by atoms with van der Waals surface area (Å²) in [6.45, 7) is 2.61. The number of ether oxygens (including phenoxy) is 3. The highest BCUT2D eigenvalue weighted by Crippen LogP contribution is 2.29. The Morgan fingerprint density at radius 2 is 1.62 bits per heavy atom. The van der Waals surface area contributed by atoms with Gasteiger partial charge in [0.25, 0.3) is 11.8 Å². The molecular formula is C23H19ClF4N2O6S. The molecule has 1 aromatic heterocycles. The zero-order chi connectivity index (χ0) is 27.4. The van der Waals surface area contributed by atoms with Crippen molar-refractivity contribution in [1.82, 2.24) is 4.98 Å². The van der Waals surface area contributed by atoms with E-state index in [4.69, 9.17) is 21.1 Å². The Hall–Kier alpha value is -3.58. The number of halogens is 5. The van der Waals surface area contributed by atoms with Gasteiger partial charge < -0.3 is 14.2 Å². The van der Waals surface area contributed by atoms with Crippen LogP contribution in [0.4, 0.5) is 23.2 Å². The molecule has 198 valence electrons. The van der Waals surface area contributed by atoms with E-state index in [0.29, 0.717) is 4.31 Å². The second kappa shape index (κ2) is 11.2. The first-order valence-electron chi connectivity index (χ1n) is 10.5. The van der Waals surface area contributed by atoms with Crippen molar-refractivity contribution >= 4 is 33.2 Å². The van der Waals surface area contributed by atoms with Gasteiger partial charge in [0.15, 0.2) is 11.9 Å². The highest BCUT2D eigenvalue weighted by Gasteiger charge is 2.34. The lowest BCUT2D eigenvalue weighted by molar-refractivity contribution is -0.274. The minimum atomic E-state index is -4.94. The van der Waals surface area contributed by atoms with E-state index in [1.165, 1.54) is 44.3 Å². The van der Waals surface area contributed by atoms with Crippen LogP contribution in [0.1, 0.15) is 13.8 Å². The summed E-state index contributed by atoms with van der Waals surface area (Å²) in [5.41, 5.74) is -0.196. The zero-order valence-electron chi connectivity index (χ0n) is 19.2. The fourth-order valence-corrected chi connectivity index (χ4v) is 4.20. The summed E-state index contributed by atoms with van der Waals surface area (Å²) in [4.78, 5) is 16.8. The molecule has 1 unspecified atom stereocenters. The highest BCUT2D eigenvalue weighted by atomic mass is 35.5. The summed E-state index contributed by atoms with van der Waals surface area (Å²) < 4.78 is 91.6. The lowest BCUT2D eigenvalue weighted by atomic mass is 10.2. The molecule has 3 rings (SSSR count). The van der Waals surface area contributed by atoms with E-state index in [2.05, 4.69) is 9.72 Å². The molecule has 1 atom stereocenters. The van der Waals surface area contributed by atoms with Crippen LogP contribution in [0, 0.1) is 5.82 Å². The molecule has 2 aromatic carbocycles. The van der Waals surface area contributed by atoms with Crippen molar-refractivity contribution in [3.05, 3.63) is 71.6 Å². The van der Waals surface area contributed by atoms with Crippen molar-refractivity contribution in [3.8, 4) is 23.1 Å². The van der Waals surface area contributed by atoms with E-state index >= 15 is 0 Å². The predicted molar refractivity (Wildman–Crippen MR) is 126 cm³/mol. The number of nitrogens with zero attached hydrogens (tertiary/aromatic N) is 2. The van der Waals surface area contributed by atoms with Crippen LogP contribution in [0.5, 0.6) is 23.1 Å². The molecule has 1 amide bonds. The maximum Gasteiger partial charge on any atom is 0.573 e. The summed E-state index contributed by atoms with van der Waals surface area (Å²) in [6, 6.07) is 10.4. The molecule has 37 heavy (non-hydrogen) atoms. The molecule has 3 aromatic rings. The Kier molecular flexibility index (Phi) is 8.49. The molecule has 0 bridgehead atoms. The maximum atomic E-state index is 13.9. The molecule has 0 aliphatic carbocycles. The lowest BCUT2D eigenvalue weighted by Gasteiger charge is -2.25. The van der Waals surface area contributed by atoms with E-state index < -0.39 is 45.7 Å². The quantitative estimate of drug-likeness (QED) is 0.308. The summed E-state index contributed by atoms with van der Waals surface area (Å²) in [5, 5.41) is 0.0944. The Bertz CT molecular complexity index is 1350. The molecule has 0 saturated carbocycles. The normalized spacial score (nSPS) is 12.5. The number of rotatable bonds is 9. The van der Waals surface area contributed by atoms with Crippen LogP contribution in [0.25, 0.3) is 0 Å². The summed E-state index contributed by atoms with van der Waals surface area (Å²) >= 11 is 5.65. The van der Waals surface area contributed by atoms with Gasteiger partial charge in [-0.15, -0.1) is 13.2 Å². The number of pyridine rings is 1. The van der Waals surface area contributed by atoms with Crippen molar-refractivity contribution in [2.45, 2.75) is 26.3 Å². The summed E-state index contributed by atoms with van der Waals surface area (Å²) in [5.74, 6) is -2.78. The van der Waals surface area contributed by atoms with Gasteiger partial charge in [-0.05, 0) is 68.4 Å². The second-order valence-electron chi connectivity index (χ2n) is 7.32. The van der Waals surface area contributed by atoms with Gasteiger partial charge in [-0.2, -0.15) is 0 Å². The Labute approximate surface area is 214 Å². The monoisotopic (exact) mass is 562 g/mol. The van der Waals surface area contributed by atoms with Crippen LogP contribution >= 0.6 is 11.6 Å². The van der Waals surface area contributed by atoms with Crippen molar-refractivity contribution < 1.29 is 45.0 Å². The first-order valence-corrected chi connectivity index (χ1v) is 12.5. The van der Waals surface area contributed by atoms with Crippen LogP contribution < -0.4 is 18.5 Å². The van der Waals surface area contributed by atoms with Crippen LogP contribution in [-0.4, -0.2) is 37.5 Å². The van der Waals surface area contributed by atoms with Gasteiger partial charge in [-0.3, -0.25) is 4.79 Å². The number of amides is 1. The maximum absolute atomic E-state index is 13.9. The number of sulfonamides is 1. The van der Waals surface area contributed by atoms with Crippen molar-refractivity contribution in [1.29, 1.82) is 0 Å². The van der Waals surface area contributed by atoms with E-state index in [0.717, 1.165) is 30.3 Å². The molecule has 0 fully saturated rings. The van der Waals surface area contributed by atoms with Gasteiger partial charge in [0.1, 0.15) is 17.2 Å². The van der Waals surface area contributed by atoms with Crippen LogP contribution in [0.15, 0.2) is 60.8 Å². The standard InChI is InChI=1S/C23H19ClF4N2O6S/c1-3-37(32,33)30(16-4-6-19(7-5-16)36-23(26,27)28)22(31)14(2)34-17-8-10-18(11-9-17)35-21-20(25)12-15(24)13-29-21/h4-14H,3H2,1-2H3. The van der Waals surface area contributed by atoms with Crippen molar-refractivity contribution in [2.24, 2.45) is 0 Å². The molecule has 8 nitrogen and oxygen atoms in total. The minimum absolute atomic E-state index is 0.0944.